The van der Waals surface area contributed by atoms with E-state index < -0.39 is 59.2 Å². The molecule has 1 saturated carbocycles. The Balaban J connectivity index is 1.81. The number of fused-ring (bicyclic) bond motifs is 2. The SMILES string of the molecule is C[C@@H]1O[C@@H]2OC(=O)[C@]3(C)CC4=C(CO)C5=C(CC(=O)[C@]4(C)[C@@H](C1=O)[C@@H]23)C(C)(C)OC(=O)C5. The first-order valence-electron chi connectivity index (χ1n) is 11.1. The number of aliphatic hydroxyl groups excluding tert-OH is 1. The van der Waals surface area contributed by atoms with E-state index in [1.165, 1.54) is 0 Å². The van der Waals surface area contributed by atoms with Crippen LogP contribution in [0.15, 0.2) is 22.3 Å². The fourth-order valence-electron chi connectivity index (χ4n) is 6.74. The van der Waals surface area contributed by atoms with E-state index in [-0.39, 0.29) is 30.8 Å². The van der Waals surface area contributed by atoms with Crippen LogP contribution in [0.2, 0.25) is 0 Å². The van der Waals surface area contributed by atoms with Crippen molar-refractivity contribution in [3.8, 4) is 0 Å². The van der Waals surface area contributed by atoms with E-state index in [1.807, 2.05) is 0 Å². The predicted octanol–water partition coefficient (Wildman–Crippen LogP) is 1.79. The Morgan fingerprint density at radius 3 is 2.38 bits per heavy atom. The molecule has 8 nitrogen and oxygen atoms in total. The number of hydrogen-bond acceptors (Lipinski definition) is 8. The molecule has 0 aromatic carbocycles. The average Bonchev–Trinajstić information content (AvgIpc) is 2.88. The van der Waals surface area contributed by atoms with Gasteiger partial charge in [0, 0.05) is 18.3 Å². The van der Waals surface area contributed by atoms with Crippen molar-refractivity contribution in [1.29, 1.82) is 0 Å². The standard InChI is InChI=1S/C24H28O8/c1-10-19(28)17-18-20(30-10)31-21(29)23(18,4)8-14-12(9-25)11-6-16(27)32-22(2,3)13(11)7-15(26)24(14,17)5/h10,17-18,20,25H,6-9H2,1-5H3/t10-,17+,18-,20+,23+,24+/m0/s1. The van der Waals surface area contributed by atoms with Gasteiger partial charge in [0.2, 0.25) is 6.29 Å². The van der Waals surface area contributed by atoms with Gasteiger partial charge in [0.1, 0.15) is 17.5 Å². The first-order valence-corrected chi connectivity index (χ1v) is 11.1. The van der Waals surface area contributed by atoms with Gasteiger partial charge < -0.3 is 19.3 Å². The van der Waals surface area contributed by atoms with Gasteiger partial charge in [-0.2, -0.15) is 0 Å². The van der Waals surface area contributed by atoms with Crippen LogP contribution in [0, 0.1) is 22.7 Å². The first kappa shape index (κ1) is 21.5. The molecule has 3 fully saturated rings. The van der Waals surface area contributed by atoms with Gasteiger partial charge in [-0.3, -0.25) is 19.2 Å². The van der Waals surface area contributed by atoms with Crippen LogP contribution in [-0.4, -0.2) is 53.2 Å². The minimum Gasteiger partial charge on any atom is -0.455 e. The molecule has 3 heterocycles. The molecule has 1 N–H and O–H groups in total. The first-order chi connectivity index (χ1) is 14.9. The van der Waals surface area contributed by atoms with Crippen LogP contribution in [0.5, 0.6) is 0 Å². The van der Waals surface area contributed by atoms with Crippen molar-refractivity contribution in [1.82, 2.24) is 0 Å². The van der Waals surface area contributed by atoms with Crippen LogP contribution < -0.4 is 0 Å². The zero-order chi connectivity index (χ0) is 23.4. The summed E-state index contributed by atoms with van der Waals surface area (Å²) < 4.78 is 16.8. The van der Waals surface area contributed by atoms with Crippen LogP contribution >= 0.6 is 0 Å². The minimum atomic E-state index is -1.25. The molecule has 0 amide bonds. The number of aliphatic hydroxyl groups is 1. The second-order valence-corrected chi connectivity index (χ2v) is 10.6. The zero-order valence-electron chi connectivity index (χ0n) is 18.9. The molecule has 32 heavy (non-hydrogen) atoms. The highest BCUT2D eigenvalue weighted by Gasteiger charge is 2.71. The summed E-state index contributed by atoms with van der Waals surface area (Å²) in [5.41, 5.74) is -1.06. The van der Waals surface area contributed by atoms with Crippen molar-refractivity contribution in [2.45, 2.75) is 71.9 Å². The van der Waals surface area contributed by atoms with E-state index in [0.29, 0.717) is 22.3 Å². The Labute approximate surface area is 186 Å². The normalized spacial score (nSPS) is 42.7. The number of allylic oxidation sites excluding steroid dienone is 1. The average molecular weight is 444 g/mol. The molecular formula is C24H28O8. The molecule has 0 bridgehead atoms. The van der Waals surface area contributed by atoms with Crippen LogP contribution in [-0.2, 0) is 33.4 Å². The van der Waals surface area contributed by atoms with Crippen LogP contribution in [0.25, 0.3) is 0 Å². The summed E-state index contributed by atoms with van der Waals surface area (Å²) in [7, 11) is 0. The number of hydrogen-bond donors (Lipinski definition) is 1. The number of ether oxygens (including phenoxy) is 3. The molecule has 0 aromatic heterocycles. The second kappa shape index (κ2) is 6.38. The lowest BCUT2D eigenvalue weighted by Crippen LogP contribution is -2.61. The Hall–Kier alpha value is -2.32. The van der Waals surface area contributed by atoms with Crippen molar-refractivity contribution in [2.24, 2.45) is 22.7 Å². The molecule has 0 aromatic rings. The number of ketones is 2. The van der Waals surface area contributed by atoms with Crippen LogP contribution in [0.4, 0.5) is 0 Å². The number of esters is 2. The van der Waals surface area contributed by atoms with Gasteiger partial charge in [-0.25, -0.2) is 0 Å². The quantitative estimate of drug-likeness (QED) is 0.609. The number of rotatable bonds is 1. The maximum Gasteiger partial charge on any atom is 0.314 e. The molecular weight excluding hydrogens is 416 g/mol. The second-order valence-electron chi connectivity index (χ2n) is 10.6. The smallest absolute Gasteiger partial charge is 0.314 e. The molecule has 2 saturated heterocycles. The molecule has 8 heteroatoms. The van der Waals surface area contributed by atoms with E-state index in [9.17, 15) is 24.3 Å². The maximum absolute atomic E-state index is 14.0. The van der Waals surface area contributed by atoms with Gasteiger partial charge in [-0.1, -0.05) is 0 Å². The lowest BCUT2D eigenvalue weighted by molar-refractivity contribution is -0.211. The van der Waals surface area contributed by atoms with Crippen molar-refractivity contribution >= 4 is 23.5 Å². The van der Waals surface area contributed by atoms with Crippen molar-refractivity contribution in [3.63, 3.8) is 0 Å². The molecule has 5 aliphatic rings. The number of carbonyl (C=O) groups is 4. The molecule has 0 spiro atoms. The highest BCUT2D eigenvalue weighted by atomic mass is 16.7. The summed E-state index contributed by atoms with van der Waals surface area (Å²) in [4.78, 5) is 52.9. The van der Waals surface area contributed by atoms with E-state index >= 15 is 0 Å². The minimum absolute atomic E-state index is 0.00103. The van der Waals surface area contributed by atoms with Crippen molar-refractivity contribution in [3.05, 3.63) is 22.3 Å². The van der Waals surface area contributed by atoms with Crippen molar-refractivity contribution < 1.29 is 38.5 Å². The molecule has 172 valence electrons. The van der Waals surface area contributed by atoms with Gasteiger partial charge in [0.05, 0.1) is 23.9 Å². The van der Waals surface area contributed by atoms with Crippen LogP contribution in [0.1, 0.15) is 53.9 Å². The van der Waals surface area contributed by atoms with Gasteiger partial charge >= 0.3 is 11.9 Å². The zero-order valence-corrected chi connectivity index (χ0v) is 18.9. The van der Waals surface area contributed by atoms with Gasteiger partial charge in [0.25, 0.3) is 0 Å². The molecule has 6 atom stereocenters. The van der Waals surface area contributed by atoms with Gasteiger partial charge in [0.15, 0.2) is 5.78 Å². The Morgan fingerprint density at radius 1 is 1.03 bits per heavy atom. The highest BCUT2D eigenvalue weighted by molar-refractivity contribution is 6.01. The topological polar surface area (TPSA) is 116 Å². The number of carbonyl (C=O) groups excluding carboxylic acids is 4. The summed E-state index contributed by atoms with van der Waals surface area (Å²) in [5, 5.41) is 10.5. The summed E-state index contributed by atoms with van der Waals surface area (Å²) in [6, 6.07) is 0. The molecule has 0 unspecified atom stereocenters. The lowest BCUT2D eigenvalue weighted by Gasteiger charge is -2.53. The van der Waals surface area contributed by atoms with E-state index in [0.717, 1.165) is 0 Å². The molecule has 3 aliphatic heterocycles. The Morgan fingerprint density at radius 2 is 1.72 bits per heavy atom. The Bertz CT molecular complexity index is 1050. The van der Waals surface area contributed by atoms with E-state index in [2.05, 4.69) is 0 Å². The summed E-state index contributed by atoms with van der Waals surface area (Å²) >= 11 is 0. The third-order valence-electron chi connectivity index (χ3n) is 8.50. The molecule has 0 radical (unpaired) electrons. The fourth-order valence-corrected chi connectivity index (χ4v) is 6.74. The predicted molar refractivity (Wildman–Crippen MR) is 109 cm³/mol. The van der Waals surface area contributed by atoms with Gasteiger partial charge in [-0.05, 0) is 63.3 Å². The van der Waals surface area contributed by atoms with Crippen LogP contribution in [0.3, 0.4) is 0 Å². The summed E-state index contributed by atoms with van der Waals surface area (Å²) in [5.74, 6) is -2.76. The highest BCUT2D eigenvalue weighted by Crippen LogP contribution is 2.65. The molecule has 2 aliphatic carbocycles. The number of cyclic esters (lactones) is 1. The Kier molecular flexibility index (Phi) is 4.29. The third-order valence-corrected chi connectivity index (χ3v) is 8.50. The molecule has 5 rings (SSSR count). The maximum atomic E-state index is 14.0. The largest absolute Gasteiger partial charge is 0.455 e. The third kappa shape index (κ3) is 2.45. The van der Waals surface area contributed by atoms with Gasteiger partial charge in [-0.15, -0.1) is 0 Å². The fraction of sp³-hybridized carbons (Fsp3) is 0.667. The van der Waals surface area contributed by atoms with E-state index in [4.69, 9.17) is 14.2 Å². The summed E-state index contributed by atoms with van der Waals surface area (Å²) in [6.45, 7) is 8.14. The monoisotopic (exact) mass is 444 g/mol. The van der Waals surface area contributed by atoms with Crippen molar-refractivity contribution in [2.75, 3.05) is 6.61 Å². The lowest BCUT2D eigenvalue weighted by atomic mass is 9.48. The van der Waals surface area contributed by atoms with E-state index in [1.54, 1.807) is 34.6 Å². The number of Topliss-reactive ketones (excluding diaryl/α,β-unsaturated/α-hetero) is 2. The summed E-state index contributed by atoms with van der Waals surface area (Å²) in [6.07, 6.45) is -1.63.